The normalized spacial score (nSPS) is 17.2. The van der Waals surface area contributed by atoms with Crippen molar-refractivity contribution in [2.24, 2.45) is 0 Å². The van der Waals surface area contributed by atoms with Crippen molar-refractivity contribution in [3.05, 3.63) is 54.0 Å². The van der Waals surface area contributed by atoms with Crippen molar-refractivity contribution < 1.29 is 9.18 Å². The third-order valence-electron chi connectivity index (χ3n) is 4.50. The Balaban J connectivity index is 1.55. The van der Waals surface area contributed by atoms with Gasteiger partial charge in [-0.2, -0.15) is 5.10 Å². The Morgan fingerprint density at radius 1 is 1.36 bits per heavy atom. The summed E-state index contributed by atoms with van der Waals surface area (Å²) in [5.41, 5.74) is 0.869. The largest absolute Gasteiger partial charge is 0.353 e. The number of likely N-dealkylation sites (N-methyl/N-ethyl adjacent to an activating group) is 1. The summed E-state index contributed by atoms with van der Waals surface area (Å²) < 4.78 is 12.9. The second kappa shape index (κ2) is 7.92. The third kappa shape index (κ3) is 4.43. The Morgan fingerprint density at radius 2 is 2.16 bits per heavy atom. The topological polar surface area (TPSA) is 61.4 Å². The molecule has 1 atom stereocenters. The molecule has 1 N–H and O–H groups in total. The molecule has 25 heavy (non-hydrogen) atoms. The van der Waals surface area contributed by atoms with Gasteiger partial charge in [-0.1, -0.05) is 12.1 Å². The molecule has 7 heteroatoms. The SMILES string of the molecule is CN(C(=O)NCc1ccc(F)cc1)[C@@H]1CCCN(c2cccnn2)C1. The molecule has 0 unspecified atom stereocenters. The van der Waals surface area contributed by atoms with Crippen LogP contribution in [-0.2, 0) is 6.54 Å². The van der Waals surface area contributed by atoms with E-state index >= 15 is 0 Å². The lowest BCUT2D eigenvalue weighted by Gasteiger charge is -2.37. The minimum absolute atomic E-state index is 0.115. The molecule has 0 saturated carbocycles. The van der Waals surface area contributed by atoms with Crippen LogP contribution in [0.2, 0.25) is 0 Å². The highest BCUT2D eigenvalue weighted by Crippen LogP contribution is 2.19. The Hall–Kier alpha value is -2.70. The van der Waals surface area contributed by atoms with Crippen LogP contribution >= 0.6 is 0 Å². The van der Waals surface area contributed by atoms with Crippen molar-refractivity contribution in [3.63, 3.8) is 0 Å². The van der Waals surface area contributed by atoms with Crippen LogP contribution in [0.3, 0.4) is 0 Å². The fourth-order valence-corrected chi connectivity index (χ4v) is 3.01. The smallest absolute Gasteiger partial charge is 0.317 e. The number of nitrogens with zero attached hydrogens (tertiary/aromatic N) is 4. The number of hydrogen-bond acceptors (Lipinski definition) is 4. The van der Waals surface area contributed by atoms with Gasteiger partial charge in [-0.15, -0.1) is 5.10 Å². The number of carbonyl (C=O) groups excluding carboxylic acids is 1. The van der Waals surface area contributed by atoms with Crippen LogP contribution in [0.5, 0.6) is 0 Å². The fraction of sp³-hybridized carbons (Fsp3) is 0.389. The van der Waals surface area contributed by atoms with Crippen LogP contribution in [0.1, 0.15) is 18.4 Å². The zero-order valence-electron chi connectivity index (χ0n) is 14.2. The molecule has 1 aromatic carbocycles. The standard InChI is InChI=1S/C18H22FN5O/c1-23(18(25)20-12-14-6-8-15(19)9-7-14)16-4-3-11-24(13-16)17-5-2-10-21-22-17/h2,5-10,16H,3-4,11-13H2,1H3,(H,20,25)/t16-/m1/s1. The van der Waals surface area contributed by atoms with E-state index in [0.29, 0.717) is 6.54 Å². The number of urea groups is 1. The van der Waals surface area contributed by atoms with E-state index in [9.17, 15) is 9.18 Å². The number of nitrogens with one attached hydrogen (secondary N) is 1. The molecule has 1 aromatic heterocycles. The van der Waals surface area contributed by atoms with Crippen molar-refractivity contribution in [2.45, 2.75) is 25.4 Å². The van der Waals surface area contributed by atoms with Crippen molar-refractivity contribution in [1.29, 1.82) is 0 Å². The third-order valence-corrected chi connectivity index (χ3v) is 4.50. The van der Waals surface area contributed by atoms with E-state index in [-0.39, 0.29) is 17.9 Å². The molecule has 2 aromatic rings. The number of benzene rings is 1. The Morgan fingerprint density at radius 3 is 2.88 bits per heavy atom. The van der Waals surface area contributed by atoms with Gasteiger partial charge in [0.25, 0.3) is 0 Å². The first-order chi connectivity index (χ1) is 12.1. The summed E-state index contributed by atoms with van der Waals surface area (Å²) in [5.74, 6) is 0.561. The van der Waals surface area contributed by atoms with Gasteiger partial charge >= 0.3 is 6.03 Å². The van der Waals surface area contributed by atoms with Gasteiger partial charge in [0.2, 0.25) is 0 Å². The van der Waals surface area contributed by atoms with Crippen LogP contribution in [0.4, 0.5) is 15.0 Å². The summed E-state index contributed by atoms with van der Waals surface area (Å²) in [7, 11) is 1.81. The van der Waals surface area contributed by atoms with E-state index in [1.165, 1.54) is 12.1 Å². The van der Waals surface area contributed by atoms with E-state index in [0.717, 1.165) is 37.3 Å². The molecule has 2 amide bonds. The van der Waals surface area contributed by atoms with Gasteiger partial charge in [0, 0.05) is 32.9 Å². The lowest BCUT2D eigenvalue weighted by Crippen LogP contribution is -2.51. The van der Waals surface area contributed by atoms with Crippen molar-refractivity contribution in [2.75, 3.05) is 25.0 Å². The maximum atomic E-state index is 12.9. The number of hydrogen-bond donors (Lipinski definition) is 1. The summed E-state index contributed by atoms with van der Waals surface area (Å²) in [6.45, 7) is 2.03. The number of rotatable bonds is 4. The molecule has 1 fully saturated rings. The second-order valence-corrected chi connectivity index (χ2v) is 6.22. The lowest BCUT2D eigenvalue weighted by molar-refractivity contribution is 0.182. The average molecular weight is 343 g/mol. The number of carbonyl (C=O) groups is 1. The molecule has 132 valence electrons. The van der Waals surface area contributed by atoms with E-state index < -0.39 is 0 Å². The highest BCUT2D eigenvalue weighted by molar-refractivity contribution is 5.74. The average Bonchev–Trinajstić information content (AvgIpc) is 2.67. The first-order valence-corrected chi connectivity index (χ1v) is 8.41. The second-order valence-electron chi connectivity index (χ2n) is 6.22. The quantitative estimate of drug-likeness (QED) is 0.926. The predicted molar refractivity (Wildman–Crippen MR) is 93.7 cm³/mol. The first-order valence-electron chi connectivity index (χ1n) is 8.41. The summed E-state index contributed by atoms with van der Waals surface area (Å²) in [5, 5.41) is 11.0. The van der Waals surface area contributed by atoms with E-state index in [1.54, 1.807) is 23.2 Å². The highest BCUT2D eigenvalue weighted by atomic mass is 19.1. The summed E-state index contributed by atoms with van der Waals surface area (Å²) in [4.78, 5) is 16.3. The van der Waals surface area contributed by atoms with Gasteiger partial charge < -0.3 is 15.1 Å². The number of anilines is 1. The molecule has 0 bridgehead atoms. The molecule has 0 spiro atoms. The van der Waals surface area contributed by atoms with Crippen LogP contribution in [0.25, 0.3) is 0 Å². The summed E-state index contributed by atoms with van der Waals surface area (Å²) in [6.07, 6.45) is 3.61. The fourth-order valence-electron chi connectivity index (χ4n) is 3.01. The zero-order chi connectivity index (χ0) is 17.6. The maximum absolute atomic E-state index is 12.9. The Labute approximate surface area is 146 Å². The van der Waals surface area contributed by atoms with Crippen LogP contribution in [-0.4, -0.2) is 47.3 Å². The minimum Gasteiger partial charge on any atom is -0.353 e. The van der Waals surface area contributed by atoms with E-state index in [2.05, 4.69) is 20.4 Å². The summed E-state index contributed by atoms with van der Waals surface area (Å²) in [6, 6.07) is 9.92. The van der Waals surface area contributed by atoms with Gasteiger partial charge in [0.1, 0.15) is 5.82 Å². The van der Waals surface area contributed by atoms with Crippen LogP contribution in [0.15, 0.2) is 42.6 Å². The van der Waals surface area contributed by atoms with Gasteiger partial charge in [-0.05, 0) is 42.7 Å². The predicted octanol–water partition coefficient (Wildman–Crippen LogP) is 2.43. The van der Waals surface area contributed by atoms with Gasteiger partial charge in [0.05, 0.1) is 6.04 Å². The molecule has 6 nitrogen and oxygen atoms in total. The minimum atomic E-state index is -0.279. The number of piperidine rings is 1. The zero-order valence-corrected chi connectivity index (χ0v) is 14.2. The molecule has 0 radical (unpaired) electrons. The molecule has 1 aliphatic rings. The van der Waals surface area contributed by atoms with Gasteiger partial charge in [0.15, 0.2) is 5.82 Å². The lowest BCUT2D eigenvalue weighted by atomic mass is 10.0. The maximum Gasteiger partial charge on any atom is 0.317 e. The molecule has 2 heterocycles. The summed E-state index contributed by atoms with van der Waals surface area (Å²) >= 11 is 0. The van der Waals surface area contributed by atoms with E-state index in [1.807, 2.05) is 19.2 Å². The van der Waals surface area contributed by atoms with Crippen molar-refractivity contribution >= 4 is 11.8 Å². The molecular formula is C18H22FN5O. The number of amides is 2. The Bertz CT molecular complexity index is 694. The van der Waals surface area contributed by atoms with Crippen LogP contribution in [0, 0.1) is 5.82 Å². The van der Waals surface area contributed by atoms with Crippen molar-refractivity contribution in [1.82, 2.24) is 20.4 Å². The van der Waals surface area contributed by atoms with Crippen molar-refractivity contribution in [3.8, 4) is 0 Å². The molecule has 3 rings (SSSR count). The van der Waals surface area contributed by atoms with Crippen LogP contribution < -0.4 is 10.2 Å². The monoisotopic (exact) mass is 343 g/mol. The molecule has 1 aliphatic heterocycles. The first kappa shape index (κ1) is 17.1. The van der Waals surface area contributed by atoms with Gasteiger partial charge in [-0.3, -0.25) is 0 Å². The molecule has 1 saturated heterocycles. The Kier molecular flexibility index (Phi) is 5.42. The number of aromatic nitrogens is 2. The van der Waals surface area contributed by atoms with Gasteiger partial charge in [-0.25, -0.2) is 9.18 Å². The highest BCUT2D eigenvalue weighted by Gasteiger charge is 2.26. The van der Waals surface area contributed by atoms with E-state index in [4.69, 9.17) is 0 Å². The number of halogens is 1. The molecular weight excluding hydrogens is 321 g/mol. The molecule has 0 aliphatic carbocycles.